The van der Waals surface area contributed by atoms with Gasteiger partial charge in [0, 0.05) is 18.9 Å². The van der Waals surface area contributed by atoms with Gasteiger partial charge in [-0.05, 0) is 87.2 Å². The Morgan fingerprint density at radius 3 is 2.76 bits per heavy atom. The fourth-order valence-corrected chi connectivity index (χ4v) is 5.27. The zero-order valence-electron chi connectivity index (χ0n) is 17.8. The van der Waals surface area contributed by atoms with Crippen LogP contribution in [0.5, 0.6) is 0 Å². The number of carbonyl (C=O) groups excluding carboxylic acids is 1. The maximum Gasteiger partial charge on any atom is 0.269 e. The van der Waals surface area contributed by atoms with Crippen LogP contribution in [0.15, 0.2) is 29.7 Å². The van der Waals surface area contributed by atoms with Gasteiger partial charge in [-0.3, -0.25) is 9.78 Å². The van der Waals surface area contributed by atoms with Crippen LogP contribution in [0.4, 0.5) is 0 Å². The Hall–Kier alpha value is -1.95. The minimum atomic E-state index is -0.0462. The highest BCUT2D eigenvalue weighted by Crippen LogP contribution is 2.54. The molecule has 6 nitrogen and oxygen atoms in total. The number of nitrogens with zero attached hydrogens (tertiary/aromatic N) is 3. The first-order chi connectivity index (χ1) is 14.1. The SMILES string of the molecule is CC(C)CCN1CCC2(CC[C@@H]3ON=C(C(=O)NCCc4ccncc4)[C@@H]32)CC1. The Labute approximate surface area is 174 Å². The van der Waals surface area contributed by atoms with E-state index >= 15 is 0 Å². The number of oxime groups is 1. The normalized spacial score (nSPS) is 25.7. The minimum Gasteiger partial charge on any atom is -0.391 e. The van der Waals surface area contributed by atoms with Crippen molar-refractivity contribution in [2.45, 2.75) is 58.5 Å². The molecular weight excluding hydrogens is 364 g/mol. The number of hydrogen-bond acceptors (Lipinski definition) is 5. The number of pyridine rings is 1. The summed E-state index contributed by atoms with van der Waals surface area (Å²) in [6.45, 7) is 8.64. The summed E-state index contributed by atoms with van der Waals surface area (Å²) in [6.07, 6.45) is 10.2. The molecule has 2 aliphatic heterocycles. The quantitative estimate of drug-likeness (QED) is 0.767. The van der Waals surface area contributed by atoms with Crippen LogP contribution in [0.2, 0.25) is 0 Å². The summed E-state index contributed by atoms with van der Waals surface area (Å²) in [7, 11) is 0. The highest BCUT2D eigenvalue weighted by Gasteiger charge is 2.56. The Morgan fingerprint density at radius 2 is 2.03 bits per heavy atom. The zero-order valence-corrected chi connectivity index (χ0v) is 17.8. The van der Waals surface area contributed by atoms with E-state index in [0.29, 0.717) is 12.3 Å². The van der Waals surface area contributed by atoms with Gasteiger partial charge in [-0.15, -0.1) is 0 Å². The molecule has 4 rings (SSSR count). The van der Waals surface area contributed by atoms with Crippen molar-refractivity contribution < 1.29 is 9.63 Å². The molecule has 29 heavy (non-hydrogen) atoms. The lowest BCUT2D eigenvalue weighted by Gasteiger charge is -2.42. The molecular formula is C23H34N4O2. The third-order valence-corrected chi connectivity index (χ3v) is 7.10. The van der Waals surface area contributed by atoms with E-state index in [0.717, 1.165) is 51.1 Å². The molecule has 0 bridgehead atoms. The Morgan fingerprint density at radius 1 is 1.28 bits per heavy atom. The van der Waals surface area contributed by atoms with Gasteiger partial charge in [-0.25, -0.2) is 0 Å². The lowest BCUT2D eigenvalue weighted by molar-refractivity contribution is -0.115. The van der Waals surface area contributed by atoms with Gasteiger partial charge in [0.1, 0.15) is 6.10 Å². The van der Waals surface area contributed by atoms with Crippen molar-refractivity contribution in [3.8, 4) is 0 Å². The lowest BCUT2D eigenvalue weighted by atomic mass is 9.68. The number of rotatable bonds is 7. The molecule has 158 valence electrons. The van der Waals surface area contributed by atoms with Gasteiger partial charge in [0.05, 0.1) is 5.92 Å². The molecule has 1 saturated heterocycles. The number of hydrogen-bond donors (Lipinski definition) is 1. The molecule has 1 N–H and O–H groups in total. The average Bonchev–Trinajstić information content (AvgIpc) is 3.30. The molecule has 2 fully saturated rings. The van der Waals surface area contributed by atoms with Crippen LogP contribution < -0.4 is 5.32 Å². The Bertz CT molecular complexity index is 726. The molecule has 2 atom stereocenters. The molecule has 1 aliphatic carbocycles. The first-order valence-corrected chi connectivity index (χ1v) is 11.2. The van der Waals surface area contributed by atoms with Gasteiger partial charge in [-0.2, -0.15) is 0 Å². The summed E-state index contributed by atoms with van der Waals surface area (Å²) in [4.78, 5) is 25.2. The smallest absolute Gasteiger partial charge is 0.269 e. The molecule has 1 aromatic heterocycles. The van der Waals surface area contributed by atoms with Crippen LogP contribution in [-0.4, -0.2) is 53.8 Å². The van der Waals surface area contributed by atoms with E-state index in [1.54, 1.807) is 12.4 Å². The molecule has 3 heterocycles. The van der Waals surface area contributed by atoms with Crippen molar-refractivity contribution in [2.75, 3.05) is 26.2 Å². The summed E-state index contributed by atoms with van der Waals surface area (Å²) >= 11 is 0. The second kappa shape index (κ2) is 8.82. The molecule has 6 heteroatoms. The van der Waals surface area contributed by atoms with Crippen molar-refractivity contribution in [1.82, 2.24) is 15.2 Å². The summed E-state index contributed by atoms with van der Waals surface area (Å²) < 4.78 is 0. The van der Waals surface area contributed by atoms with Crippen LogP contribution in [0.25, 0.3) is 0 Å². The Balaban J connectivity index is 1.33. The summed E-state index contributed by atoms with van der Waals surface area (Å²) in [5.74, 6) is 0.866. The maximum atomic E-state index is 12.9. The van der Waals surface area contributed by atoms with E-state index in [2.05, 4.69) is 34.2 Å². The topological polar surface area (TPSA) is 66.8 Å². The molecule has 1 amide bonds. The fraction of sp³-hybridized carbons (Fsp3) is 0.696. The number of piperidine rings is 1. The zero-order chi connectivity index (χ0) is 20.3. The molecule has 0 radical (unpaired) electrons. The van der Waals surface area contributed by atoms with Crippen LogP contribution in [0.3, 0.4) is 0 Å². The first-order valence-electron chi connectivity index (χ1n) is 11.2. The van der Waals surface area contributed by atoms with E-state index in [-0.39, 0.29) is 23.3 Å². The molecule has 1 saturated carbocycles. The molecule has 0 aromatic carbocycles. The van der Waals surface area contributed by atoms with Crippen molar-refractivity contribution in [2.24, 2.45) is 22.4 Å². The van der Waals surface area contributed by atoms with Gasteiger partial charge < -0.3 is 15.1 Å². The van der Waals surface area contributed by atoms with Crippen molar-refractivity contribution >= 4 is 11.6 Å². The minimum absolute atomic E-state index is 0.0462. The average molecular weight is 399 g/mol. The van der Waals surface area contributed by atoms with Gasteiger partial charge >= 0.3 is 0 Å². The number of amides is 1. The maximum absolute atomic E-state index is 12.9. The van der Waals surface area contributed by atoms with E-state index in [4.69, 9.17) is 4.84 Å². The number of fused-ring (bicyclic) bond motifs is 2. The van der Waals surface area contributed by atoms with Gasteiger partial charge in [0.25, 0.3) is 5.91 Å². The highest BCUT2D eigenvalue weighted by molar-refractivity contribution is 6.40. The molecule has 1 aromatic rings. The number of nitrogens with one attached hydrogen (secondary N) is 1. The Kier molecular flexibility index (Phi) is 6.18. The van der Waals surface area contributed by atoms with Crippen LogP contribution >= 0.6 is 0 Å². The van der Waals surface area contributed by atoms with E-state index in [1.165, 1.54) is 18.5 Å². The van der Waals surface area contributed by atoms with E-state index in [9.17, 15) is 4.79 Å². The second-order valence-corrected chi connectivity index (χ2v) is 9.38. The van der Waals surface area contributed by atoms with Crippen molar-refractivity contribution in [3.05, 3.63) is 30.1 Å². The van der Waals surface area contributed by atoms with Gasteiger partial charge in [0.2, 0.25) is 0 Å². The predicted octanol–water partition coefficient (Wildman–Crippen LogP) is 3.03. The lowest BCUT2D eigenvalue weighted by Crippen LogP contribution is -2.48. The predicted molar refractivity (Wildman–Crippen MR) is 114 cm³/mol. The summed E-state index contributed by atoms with van der Waals surface area (Å²) in [5.41, 5.74) is 2.00. The van der Waals surface area contributed by atoms with Gasteiger partial charge in [0.15, 0.2) is 5.71 Å². The van der Waals surface area contributed by atoms with E-state index < -0.39 is 0 Å². The van der Waals surface area contributed by atoms with Crippen LogP contribution in [0, 0.1) is 17.3 Å². The number of aromatic nitrogens is 1. The first kappa shape index (κ1) is 20.3. The van der Waals surface area contributed by atoms with E-state index in [1.807, 2.05) is 12.1 Å². The number of likely N-dealkylation sites (tertiary alicyclic amines) is 1. The van der Waals surface area contributed by atoms with Gasteiger partial charge in [-0.1, -0.05) is 19.0 Å². The van der Waals surface area contributed by atoms with Crippen molar-refractivity contribution in [3.63, 3.8) is 0 Å². The summed E-state index contributed by atoms with van der Waals surface area (Å²) in [6, 6.07) is 3.97. The largest absolute Gasteiger partial charge is 0.391 e. The molecule has 0 unspecified atom stereocenters. The third kappa shape index (κ3) is 4.47. The van der Waals surface area contributed by atoms with Crippen LogP contribution in [-0.2, 0) is 16.1 Å². The second-order valence-electron chi connectivity index (χ2n) is 9.38. The van der Waals surface area contributed by atoms with Crippen molar-refractivity contribution in [1.29, 1.82) is 0 Å². The summed E-state index contributed by atoms with van der Waals surface area (Å²) in [5, 5.41) is 7.32. The third-order valence-electron chi connectivity index (χ3n) is 7.10. The highest BCUT2D eigenvalue weighted by atomic mass is 16.6. The fourth-order valence-electron chi connectivity index (χ4n) is 5.27. The number of carbonyl (C=O) groups is 1. The standard InChI is InChI=1S/C23H34N4O2/c1-17(2)7-14-27-15-9-23(10-16-27)8-3-19-20(23)21(26-29-19)22(28)25-13-6-18-4-11-24-12-5-18/h4-5,11-12,17,19-20H,3,6-10,13-16H2,1-2H3,(H,25,28)/t19-,20+/m0/s1. The molecule has 1 spiro atoms. The molecule has 3 aliphatic rings. The monoisotopic (exact) mass is 398 g/mol. The van der Waals surface area contributed by atoms with Crippen LogP contribution in [0.1, 0.15) is 51.5 Å².